The summed E-state index contributed by atoms with van der Waals surface area (Å²) in [5, 5.41) is 17.9. The van der Waals surface area contributed by atoms with Gasteiger partial charge < -0.3 is 14.6 Å². The zero-order valence-electron chi connectivity index (χ0n) is 19.3. The number of aryl methyl sites for hydroxylation is 1. The standard InChI is InChI=1S/C24H16F4N8O/c1-11-18(25)20(27)21(28)22(19(11)26)33-24-31-14-9-12(3-4-16(14)36(24)2)37-13-6-8-30-15(10-13)23-32-17(5-7-29)34-35-23/h3-4,6,8-10H,5H2,1-2H3,(H,31,33)(H,32,34,35). The van der Waals surface area contributed by atoms with Crippen LogP contribution in [0, 0.1) is 41.5 Å². The van der Waals surface area contributed by atoms with E-state index in [1.54, 1.807) is 37.4 Å². The Morgan fingerprint density at radius 1 is 1.03 bits per heavy atom. The third kappa shape index (κ3) is 4.29. The first kappa shape index (κ1) is 23.7. The number of hydrogen-bond acceptors (Lipinski definition) is 7. The summed E-state index contributed by atoms with van der Waals surface area (Å²) < 4.78 is 63.7. The van der Waals surface area contributed by atoms with E-state index in [1.807, 2.05) is 6.07 Å². The van der Waals surface area contributed by atoms with Crippen molar-refractivity contribution in [2.75, 3.05) is 5.32 Å². The SMILES string of the molecule is Cc1c(F)c(F)c(F)c(Nc2nc3cc(Oc4ccnc(-c5nc(CC#N)n[nH]5)c4)ccc3n2C)c1F. The molecule has 0 amide bonds. The van der Waals surface area contributed by atoms with Crippen LogP contribution in [0.4, 0.5) is 29.2 Å². The van der Waals surface area contributed by atoms with Crippen molar-refractivity contribution in [1.29, 1.82) is 5.26 Å². The summed E-state index contributed by atoms with van der Waals surface area (Å²) in [4.78, 5) is 12.8. The number of fused-ring (bicyclic) bond motifs is 1. The number of nitriles is 1. The fourth-order valence-corrected chi connectivity index (χ4v) is 3.63. The van der Waals surface area contributed by atoms with Crippen LogP contribution in [0.25, 0.3) is 22.6 Å². The molecule has 9 nitrogen and oxygen atoms in total. The van der Waals surface area contributed by atoms with Crippen molar-refractivity contribution in [3.05, 3.63) is 71.2 Å². The smallest absolute Gasteiger partial charge is 0.208 e. The molecule has 0 saturated heterocycles. The highest BCUT2D eigenvalue weighted by Crippen LogP contribution is 2.32. The number of nitrogens with zero attached hydrogens (tertiary/aromatic N) is 6. The van der Waals surface area contributed by atoms with Crippen LogP contribution in [-0.4, -0.2) is 29.7 Å². The van der Waals surface area contributed by atoms with Crippen LogP contribution in [0.3, 0.4) is 0 Å². The highest BCUT2D eigenvalue weighted by molar-refractivity contribution is 5.81. The molecule has 2 N–H and O–H groups in total. The van der Waals surface area contributed by atoms with Gasteiger partial charge in [-0.25, -0.2) is 27.5 Å². The molecule has 0 atom stereocenters. The van der Waals surface area contributed by atoms with Gasteiger partial charge in [-0.3, -0.25) is 10.1 Å². The number of aromatic amines is 1. The molecule has 0 aliphatic heterocycles. The molecule has 0 spiro atoms. The molecule has 0 unspecified atom stereocenters. The number of benzene rings is 2. The van der Waals surface area contributed by atoms with Gasteiger partial charge in [-0.15, -0.1) is 0 Å². The van der Waals surface area contributed by atoms with Crippen LogP contribution in [0.15, 0.2) is 36.5 Å². The summed E-state index contributed by atoms with van der Waals surface area (Å²) in [5.74, 6) is -4.76. The molecule has 5 rings (SSSR count). The fraction of sp³-hybridized carbons (Fsp3) is 0.125. The summed E-state index contributed by atoms with van der Waals surface area (Å²) >= 11 is 0. The lowest BCUT2D eigenvalue weighted by Gasteiger charge is -2.11. The Labute approximate surface area is 206 Å². The Hall–Kier alpha value is -4.99. The highest BCUT2D eigenvalue weighted by atomic mass is 19.2. The van der Waals surface area contributed by atoms with Crippen LogP contribution in [0.1, 0.15) is 11.4 Å². The minimum absolute atomic E-state index is 0.0000446. The average molecular weight is 508 g/mol. The van der Waals surface area contributed by atoms with E-state index in [1.165, 1.54) is 10.8 Å². The number of anilines is 2. The van der Waals surface area contributed by atoms with Crippen molar-refractivity contribution in [3.63, 3.8) is 0 Å². The Bertz CT molecular complexity index is 1680. The molecule has 0 aliphatic rings. The van der Waals surface area contributed by atoms with Crippen LogP contribution < -0.4 is 10.1 Å². The van der Waals surface area contributed by atoms with Gasteiger partial charge >= 0.3 is 0 Å². The monoisotopic (exact) mass is 508 g/mol. The molecule has 5 aromatic rings. The third-order valence-electron chi connectivity index (χ3n) is 5.55. The largest absolute Gasteiger partial charge is 0.457 e. The Balaban J connectivity index is 1.42. The van der Waals surface area contributed by atoms with Crippen molar-refractivity contribution < 1.29 is 22.3 Å². The number of hydrogen-bond donors (Lipinski definition) is 2. The molecule has 3 heterocycles. The van der Waals surface area contributed by atoms with Gasteiger partial charge in [-0.2, -0.15) is 10.4 Å². The maximum Gasteiger partial charge on any atom is 0.208 e. The maximum atomic E-state index is 14.5. The second-order valence-electron chi connectivity index (χ2n) is 7.94. The van der Waals surface area contributed by atoms with Crippen molar-refractivity contribution in [1.82, 2.24) is 29.7 Å². The van der Waals surface area contributed by atoms with E-state index in [-0.39, 0.29) is 12.4 Å². The van der Waals surface area contributed by atoms with Gasteiger partial charge in [0.15, 0.2) is 34.9 Å². The lowest BCUT2D eigenvalue weighted by atomic mass is 10.1. The molecule has 3 aromatic heterocycles. The van der Waals surface area contributed by atoms with E-state index >= 15 is 0 Å². The van der Waals surface area contributed by atoms with E-state index in [9.17, 15) is 17.6 Å². The first-order chi connectivity index (χ1) is 17.8. The number of aromatic nitrogens is 6. The lowest BCUT2D eigenvalue weighted by molar-refractivity contribution is 0.432. The topological polar surface area (TPSA) is 117 Å². The Morgan fingerprint density at radius 2 is 1.81 bits per heavy atom. The number of nitrogens with one attached hydrogen (secondary N) is 2. The van der Waals surface area contributed by atoms with Gasteiger partial charge in [0.2, 0.25) is 5.95 Å². The summed E-state index contributed by atoms with van der Waals surface area (Å²) in [7, 11) is 1.59. The zero-order valence-corrected chi connectivity index (χ0v) is 19.3. The van der Waals surface area contributed by atoms with Gasteiger partial charge in [0, 0.05) is 30.9 Å². The van der Waals surface area contributed by atoms with Crippen molar-refractivity contribution >= 4 is 22.7 Å². The Morgan fingerprint density at radius 3 is 2.59 bits per heavy atom. The second kappa shape index (κ2) is 9.23. The summed E-state index contributed by atoms with van der Waals surface area (Å²) in [6, 6.07) is 10.2. The van der Waals surface area contributed by atoms with Crippen molar-refractivity contribution in [3.8, 4) is 29.1 Å². The quantitative estimate of drug-likeness (QED) is 0.183. The average Bonchev–Trinajstić information content (AvgIpc) is 3.49. The molecular weight excluding hydrogens is 492 g/mol. The highest BCUT2D eigenvalue weighted by Gasteiger charge is 2.24. The molecule has 0 bridgehead atoms. The van der Waals surface area contributed by atoms with Crippen LogP contribution in [-0.2, 0) is 13.5 Å². The minimum atomic E-state index is -1.78. The predicted octanol–water partition coefficient (Wildman–Crippen LogP) is 5.22. The van der Waals surface area contributed by atoms with Gasteiger partial charge in [0.05, 0.1) is 23.5 Å². The van der Waals surface area contributed by atoms with Crippen LogP contribution in [0.5, 0.6) is 11.5 Å². The number of halogens is 4. The number of H-pyrrole nitrogens is 1. The first-order valence-electron chi connectivity index (χ1n) is 10.8. The van der Waals surface area contributed by atoms with Crippen molar-refractivity contribution in [2.45, 2.75) is 13.3 Å². The number of rotatable bonds is 6. The molecule has 13 heteroatoms. The van der Waals surface area contributed by atoms with Gasteiger partial charge in [0.1, 0.15) is 22.9 Å². The van der Waals surface area contributed by atoms with Gasteiger partial charge in [-0.05, 0) is 25.1 Å². The number of imidazole rings is 1. The molecule has 37 heavy (non-hydrogen) atoms. The van der Waals surface area contributed by atoms with Gasteiger partial charge in [-0.1, -0.05) is 0 Å². The third-order valence-corrected chi connectivity index (χ3v) is 5.55. The van der Waals surface area contributed by atoms with E-state index < -0.39 is 34.5 Å². The molecule has 0 radical (unpaired) electrons. The summed E-state index contributed by atoms with van der Waals surface area (Å²) in [6.07, 6.45) is 1.58. The molecule has 186 valence electrons. The summed E-state index contributed by atoms with van der Waals surface area (Å²) in [5.41, 5.74) is -0.0593. The van der Waals surface area contributed by atoms with Crippen LogP contribution in [0.2, 0.25) is 0 Å². The van der Waals surface area contributed by atoms with Crippen molar-refractivity contribution in [2.24, 2.45) is 7.05 Å². The molecule has 0 saturated carbocycles. The maximum absolute atomic E-state index is 14.5. The molecule has 2 aromatic carbocycles. The molecule has 0 fully saturated rings. The molecular formula is C24H16F4N8O. The molecule has 0 aliphatic carbocycles. The normalized spacial score (nSPS) is 11.1. The Kier molecular flexibility index (Phi) is 5.92. The van der Waals surface area contributed by atoms with E-state index in [0.717, 1.165) is 6.92 Å². The first-order valence-corrected chi connectivity index (χ1v) is 10.8. The zero-order chi connectivity index (χ0) is 26.3. The minimum Gasteiger partial charge on any atom is -0.457 e. The fourth-order valence-electron chi connectivity index (χ4n) is 3.63. The lowest BCUT2D eigenvalue weighted by Crippen LogP contribution is -2.08. The van der Waals surface area contributed by atoms with Gasteiger partial charge in [0.25, 0.3) is 0 Å². The van der Waals surface area contributed by atoms with E-state index in [2.05, 4.69) is 30.5 Å². The van der Waals surface area contributed by atoms with E-state index in [0.29, 0.717) is 39.9 Å². The van der Waals surface area contributed by atoms with Crippen LogP contribution >= 0.6 is 0 Å². The predicted molar refractivity (Wildman–Crippen MR) is 124 cm³/mol. The number of ether oxygens (including phenoxy) is 1. The van der Waals surface area contributed by atoms with E-state index in [4.69, 9.17) is 10.00 Å². The second-order valence-corrected chi connectivity index (χ2v) is 7.94. The summed E-state index contributed by atoms with van der Waals surface area (Å²) in [6.45, 7) is 1.01. The number of pyridine rings is 1.